The van der Waals surface area contributed by atoms with Crippen LogP contribution in [0.5, 0.6) is 0 Å². The van der Waals surface area contributed by atoms with Crippen molar-refractivity contribution in [2.45, 2.75) is 40.2 Å². The van der Waals surface area contributed by atoms with Gasteiger partial charge in [0.25, 0.3) is 0 Å². The number of ketones is 1. The largest absolute Gasteiger partial charge is 0.374 e. The standard InChI is InChI=1S/C9H17NOS/c1-6(7(2)11)8(12)10-9(3,4)5/h6H,1-5H3,(H,10,12). The summed E-state index contributed by atoms with van der Waals surface area (Å²) in [6.07, 6.45) is 0. The summed E-state index contributed by atoms with van der Waals surface area (Å²) < 4.78 is 0. The van der Waals surface area contributed by atoms with E-state index in [9.17, 15) is 4.79 Å². The lowest BCUT2D eigenvalue weighted by molar-refractivity contribution is -0.118. The van der Waals surface area contributed by atoms with Gasteiger partial charge in [0.15, 0.2) is 0 Å². The summed E-state index contributed by atoms with van der Waals surface area (Å²) in [6, 6.07) is 0. The molecule has 0 aromatic rings. The molecule has 0 spiro atoms. The molecule has 0 fully saturated rings. The molecule has 0 radical (unpaired) electrons. The highest BCUT2D eigenvalue weighted by atomic mass is 32.1. The molecule has 0 aliphatic rings. The van der Waals surface area contributed by atoms with Crippen LogP contribution in [-0.2, 0) is 4.79 Å². The lowest BCUT2D eigenvalue weighted by Gasteiger charge is -2.24. The van der Waals surface area contributed by atoms with Crippen molar-refractivity contribution in [3.05, 3.63) is 0 Å². The van der Waals surface area contributed by atoms with Crippen molar-refractivity contribution >= 4 is 23.0 Å². The van der Waals surface area contributed by atoms with E-state index in [1.165, 1.54) is 0 Å². The number of thiocarbonyl (C=S) groups is 1. The van der Waals surface area contributed by atoms with Gasteiger partial charge in [-0.1, -0.05) is 12.2 Å². The van der Waals surface area contributed by atoms with Crippen molar-refractivity contribution in [1.82, 2.24) is 5.32 Å². The summed E-state index contributed by atoms with van der Waals surface area (Å²) in [6.45, 7) is 9.44. The number of Topliss-reactive ketones (excluding diaryl/α,β-unsaturated/α-hetero) is 1. The van der Waals surface area contributed by atoms with E-state index in [0.717, 1.165) is 0 Å². The molecule has 0 amide bonds. The predicted molar refractivity (Wildman–Crippen MR) is 55.3 cm³/mol. The van der Waals surface area contributed by atoms with Gasteiger partial charge in [-0.3, -0.25) is 4.79 Å². The summed E-state index contributed by atoms with van der Waals surface area (Å²) in [5, 5.41) is 3.11. The highest BCUT2D eigenvalue weighted by Gasteiger charge is 2.18. The highest BCUT2D eigenvalue weighted by Crippen LogP contribution is 2.05. The molecule has 0 aliphatic heterocycles. The molecule has 0 saturated heterocycles. The summed E-state index contributed by atoms with van der Waals surface area (Å²) in [5.41, 5.74) is -0.0548. The van der Waals surface area contributed by atoms with Gasteiger partial charge < -0.3 is 5.32 Å². The molecule has 0 saturated carbocycles. The van der Waals surface area contributed by atoms with Crippen molar-refractivity contribution in [3.63, 3.8) is 0 Å². The number of nitrogens with one attached hydrogen (secondary N) is 1. The Morgan fingerprint density at radius 2 is 1.83 bits per heavy atom. The second-order valence-electron chi connectivity index (χ2n) is 4.07. The number of rotatable bonds is 2. The zero-order chi connectivity index (χ0) is 9.94. The average molecular weight is 187 g/mol. The zero-order valence-corrected chi connectivity index (χ0v) is 9.21. The molecule has 2 nitrogen and oxygen atoms in total. The van der Waals surface area contributed by atoms with Gasteiger partial charge in [0.2, 0.25) is 0 Å². The molecular formula is C9H17NOS. The lowest BCUT2D eigenvalue weighted by atomic mass is 10.0. The average Bonchev–Trinajstić information content (AvgIpc) is 1.82. The van der Waals surface area contributed by atoms with Gasteiger partial charge in [-0.2, -0.15) is 0 Å². The fraction of sp³-hybridized carbons (Fsp3) is 0.778. The Kier molecular flexibility index (Phi) is 3.84. The van der Waals surface area contributed by atoms with Gasteiger partial charge in [0, 0.05) is 5.54 Å². The van der Waals surface area contributed by atoms with E-state index in [2.05, 4.69) is 5.32 Å². The van der Waals surface area contributed by atoms with E-state index in [-0.39, 0.29) is 17.2 Å². The molecule has 1 N–H and O–H groups in total. The van der Waals surface area contributed by atoms with Crippen molar-refractivity contribution in [1.29, 1.82) is 0 Å². The van der Waals surface area contributed by atoms with E-state index in [4.69, 9.17) is 12.2 Å². The first kappa shape index (κ1) is 11.6. The van der Waals surface area contributed by atoms with Gasteiger partial charge in [0.05, 0.1) is 10.9 Å². The quantitative estimate of drug-likeness (QED) is 0.670. The van der Waals surface area contributed by atoms with E-state index >= 15 is 0 Å². The molecular weight excluding hydrogens is 170 g/mol. The highest BCUT2D eigenvalue weighted by molar-refractivity contribution is 7.80. The third-order valence-electron chi connectivity index (χ3n) is 1.50. The molecule has 1 atom stereocenters. The third-order valence-corrected chi connectivity index (χ3v) is 1.96. The van der Waals surface area contributed by atoms with Crippen LogP contribution in [0.15, 0.2) is 0 Å². The molecule has 70 valence electrons. The number of hydrogen-bond donors (Lipinski definition) is 1. The van der Waals surface area contributed by atoms with E-state index < -0.39 is 0 Å². The number of carbonyl (C=O) groups excluding carboxylic acids is 1. The van der Waals surface area contributed by atoms with Gasteiger partial charge in [-0.05, 0) is 34.6 Å². The summed E-state index contributed by atoms with van der Waals surface area (Å²) >= 11 is 5.07. The molecule has 0 heterocycles. The second-order valence-corrected chi connectivity index (χ2v) is 4.51. The Labute approximate surface area is 79.7 Å². The molecule has 0 aromatic heterocycles. The molecule has 1 unspecified atom stereocenters. The Balaban J connectivity index is 4.15. The summed E-state index contributed by atoms with van der Waals surface area (Å²) in [4.78, 5) is 11.6. The van der Waals surface area contributed by atoms with E-state index in [0.29, 0.717) is 4.99 Å². The van der Waals surface area contributed by atoms with Crippen LogP contribution in [0.1, 0.15) is 34.6 Å². The summed E-state index contributed by atoms with van der Waals surface area (Å²) in [5.74, 6) is -0.0593. The maximum absolute atomic E-state index is 10.9. The molecule has 0 aliphatic carbocycles. The summed E-state index contributed by atoms with van der Waals surface area (Å²) in [7, 11) is 0. The first-order valence-electron chi connectivity index (χ1n) is 4.06. The van der Waals surface area contributed by atoms with Gasteiger partial charge in [-0.15, -0.1) is 0 Å². The Morgan fingerprint density at radius 1 is 1.42 bits per heavy atom. The minimum Gasteiger partial charge on any atom is -0.374 e. The van der Waals surface area contributed by atoms with Crippen molar-refractivity contribution in [3.8, 4) is 0 Å². The SMILES string of the molecule is CC(=O)C(C)C(=S)NC(C)(C)C. The Morgan fingerprint density at radius 3 is 2.08 bits per heavy atom. The lowest BCUT2D eigenvalue weighted by Crippen LogP contribution is -2.43. The normalized spacial score (nSPS) is 13.8. The smallest absolute Gasteiger partial charge is 0.139 e. The van der Waals surface area contributed by atoms with Crippen LogP contribution in [0, 0.1) is 5.92 Å². The third kappa shape index (κ3) is 4.44. The van der Waals surface area contributed by atoms with Crippen LogP contribution in [0.2, 0.25) is 0 Å². The van der Waals surface area contributed by atoms with Crippen LogP contribution < -0.4 is 5.32 Å². The van der Waals surface area contributed by atoms with Crippen LogP contribution in [-0.4, -0.2) is 16.3 Å². The van der Waals surface area contributed by atoms with Crippen LogP contribution in [0.3, 0.4) is 0 Å². The maximum Gasteiger partial charge on any atom is 0.139 e. The molecule has 3 heteroatoms. The second kappa shape index (κ2) is 3.99. The Hall–Kier alpha value is -0.440. The van der Waals surface area contributed by atoms with E-state index in [1.807, 2.05) is 27.7 Å². The van der Waals surface area contributed by atoms with Gasteiger partial charge >= 0.3 is 0 Å². The molecule has 0 aromatic carbocycles. The van der Waals surface area contributed by atoms with Crippen molar-refractivity contribution in [2.24, 2.45) is 5.92 Å². The first-order chi connectivity index (χ1) is 5.24. The van der Waals surface area contributed by atoms with E-state index in [1.54, 1.807) is 6.92 Å². The minimum atomic E-state index is -0.167. The van der Waals surface area contributed by atoms with Crippen molar-refractivity contribution in [2.75, 3.05) is 0 Å². The molecule has 12 heavy (non-hydrogen) atoms. The number of hydrogen-bond acceptors (Lipinski definition) is 2. The van der Waals surface area contributed by atoms with Gasteiger partial charge in [0.1, 0.15) is 5.78 Å². The van der Waals surface area contributed by atoms with Crippen molar-refractivity contribution < 1.29 is 4.79 Å². The van der Waals surface area contributed by atoms with Crippen LogP contribution >= 0.6 is 12.2 Å². The van der Waals surface area contributed by atoms with Crippen LogP contribution in [0.25, 0.3) is 0 Å². The molecule has 0 bridgehead atoms. The number of carbonyl (C=O) groups is 1. The maximum atomic E-state index is 10.9. The fourth-order valence-corrected chi connectivity index (χ4v) is 1.13. The Bertz CT molecular complexity index is 193. The minimum absolute atomic E-state index is 0.0548. The monoisotopic (exact) mass is 187 g/mol. The topological polar surface area (TPSA) is 29.1 Å². The molecule has 0 rings (SSSR count). The predicted octanol–water partition coefficient (Wildman–Crippen LogP) is 1.93. The fourth-order valence-electron chi connectivity index (χ4n) is 0.662. The van der Waals surface area contributed by atoms with Gasteiger partial charge in [-0.25, -0.2) is 0 Å². The zero-order valence-electron chi connectivity index (χ0n) is 8.39. The van der Waals surface area contributed by atoms with Crippen LogP contribution in [0.4, 0.5) is 0 Å². The first-order valence-corrected chi connectivity index (χ1v) is 4.47.